The summed E-state index contributed by atoms with van der Waals surface area (Å²) in [4.78, 5) is 18.5. The summed E-state index contributed by atoms with van der Waals surface area (Å²) >= 11 is 1.26. The van der Waals surface area contributed by atoms with Gasteiger partial charge in [0.2, 0.25) is 5.67 Å². The molecule has 0 radical (unpaired) electrons. The van der Waals surface area contributed by atoms with Gasteiger partial charge in [0.15, 0.2) is 11.3 Å². The molecule has 0 bridgehead atoms. The summed E-state index contributed by atoms with van der Waals surface area (Å²) in [6.07, 6.45) is 5.24. The number of likely N-dealkylation sites (tertiary alicyclic amines) is 1. The van der Waals surface area contributed by atoms with Crippen molar-refractivity contribution in [3.05, 3.63) is 30.6 Å². The Morgan fingerprint density at radius 2 is 2.36 bits per heavy atom. The maximum atomic E-state index is 14.7. The van der Waals surface area contributed by atoms with Crippen molar-refractivity contribution in [3.63, 3.8) is 0 Å². The largest absolute Gasteiger partial charge is 0.307 e. The normalized spacial score (nSPS) is 19.9. The first kappa shape index (κ1) is 15.5. The molecular weight excluding hydrogens is 343 g/mol. The van der Waals surface area contributed by atoms with Crippen molar-refractivity contribution in [3.8, 4) is 16.6 Å². The highest BCUT2D eigenvalue weighted by atomic mass is 32.1. The summed E-state index contributed by atoms with van der Waals surface area (Å²) in [6, 6.07) is 5.79. The van der Waals surface area contributed by atoms with Crippen molar-refractivity contribution in [1.82, 2.24) is 20.1 Å². The minimum Gasteiger partial charge on any atom is -0.307 e. The number of nitrogens with zero attached hydrogens (tertiary/aromatic N) is 4. The number of nitriles is 1. The quantitative estimate of drug-likeness (QED) is 0.703. The fourth-order valence-corrected chi connectivity index (χ4v) is 3.73. The van der Waals surface area contributed by atoms with Gasteiger partial charge in [0, 0.05) is 30.1 Å². The first-order valence-electron chi connectivity index (χ1n) is 7.62. The average molecular weight is 356 g/mol. The van der Waals surface area contributed by atoms with Crippen molar-refractivity contribution < 1.29 is 9.18 Å². The van der Waals surface area contributed by atoms with Gasteiger partial charge in [-0.2, -0.15) is 10.4 Å². The Labute approximate surface area is 146 Å². The van der Waals surface area contributed by atoms with Gasteiger partial charge in [0.1, 0.15) is 0 Å². The number of benzene rings is 1. The molecule has 2 aromatic heterocycles. The fraction of sp³-hybridized carbons (Fsp3) is 0.250. The molecule has 1 atom stereocenters. The Hall–Kier alpha value is -2.99. The third-order valence-corrected chi connectivity index (χ3v) is 5.18. The molecule has 3 heterocycles. The molecule has 1 amide bonds. The van der Waals surface area contributed by atoms with Crippen LogP contribution in [0.25, 0.3) is 21.3 Å². The molecular formula is C16H13FN6OS. The van der Waals surface area contributed by atoms with Crippen LogP contribution in [-0.2, 0) is 4.79 Å². The molecule has 1 fully saturated rings. The average Bonchev–Trinajstić information content (AvgIpc) is 3.33. The van der Waals surface area contributed by atoms with E-state index in [1.165, 1.54) is 16.2 Å². The zero-order valence-corrected chi connectivity index (χ0v) is 13.8. The van der Waals surface area contributed by atoms with E-state index in [4.69, 9.17) is 5.26 Å². The fourth-order valence-electron chi connectivity index (χ4n) is 2.88. The van der Waals surface area contributed by atoms with Crippen molar-refractivity contribution in [2.45, 2.75) is 12.1 Å². The van der Waals surface area contributed by atoms with Crippen LogP contribution in [0.4, 0.5) is 9.52 Å². The van der Waals surface area contributed by atoms with Gasteiger partial charge in [-0.05, 0) is 0 Å². The van der Waals surface area contributed by atoms with E-state index in [-0.39, 0.29) is 19.5 Å². The number of H-pyrrole nitrogens is 1. The molecule has 4 rings (SSSR count). The number of halogens is 1. The van der Waals surface area contributed by atoms with Gasteiger partial charge < -0.3 is 4.90 Å². The second kappa shape index (κ2) is 5.82. The van der Waals surface area contributed by atoms with E-state index in [9.17, 15) is 9.18 Å². The Kier molecular flexibility index (Phi) is 3.62. The SMILES string of the molecule is N#CN1CCC(F)(C(=O)Nc2ncc(-c3cccc4cn[nH]c34)s2)C1. The second-order valence-corrected chi connectivity index (χ2v) is 6.89. The first-order chi connectivity index (χ1) is 12.1. The molecule has 0 saturated carbocycles. The zero-order chi connectivity index (χ0) is 17.4. The first-order valence-corrected chi connectivity index (χ1v) is 8.44. The van der Waals surface area contributed by atoms with E-state index in [0.717, 1.165) is 21.3 Å². The lowest BCUT2D eigenvalue weighted by Gasteiger charge is -2.16. The molecule has 126 valence electrons. The van der Waals surface area contributed by atoms with Crippen LogP contribution in [0, 0.1) is 11.5 Å². The molecule has 0 aliphatic carbocycles. The van der Waals surface area contributed by atoms with Crippen LogP contribution >= 0.6 is 11.3 Å². The van der Waals surface area contributed by atoms with E-state index < -0.39 is 11.6 Å². The highest BCUT2D eigenvalue weighted by Crippen LogP contribution is 2.34. The molecule has 7 nitrogen and oxygen atoms in total. The monoisotopic (exact) mass is 356 g/mol. The number of amides is 1. The number of alkyl halides is 1. The summed E-state index contributed by atoms with van der Waals surface area (Å²) in [5.74, 6) is -0.758. The summed E-state index contributed by atoms with van der Waals surface area (Å²) in [7, 11) is 0. The molecule has 2 N–H and O–H groups in total. The van der Waals surface area contributed by atoms with Crippen LogP contribution in [0.2, 0.25) is 0 Å². The number of hydrogen-bond donors (Lipinski definition) is 2. The molecule has 1 unspecified atom stereocenters. The Balaban J connectivity index is 1.55. The van der Waals surface area contributed by atoms with Crippen LogP contribution in [0.1, 0.15) is 6.42 Å². The van der Waals surface area contributed by atoms with Gasteiger partial charge in [-0.3, -0.25) is 15.2 Å². The third-order valence-electron chi connectivity index (χ3n) is 4.24. The van der Waals surface area contributed by atoms with Gasteiger partial charge in [-0.25, -0.2) is 9.37 Å². The van der Waals surface area contributed by atoms with E-state index in [0.29, 0.717) is 5.13 Å². The highest BCUT2D eigenvalue weighted by Gasteiger charge is 2.45. The zero-order valence-electron chi connectivity index (χ0n) is 13.0. The molecule has 1 aliphatic heterocycles. The number of aromatic amines is 1. The van der Waals surface area contributed by atoms with E-state index in [1.807, 2.05) is 24.4 Å². The van der Waals surface area contributed by atoms with Crippen LogP contribution < -0.4 is 5.32 Å². The van der Waals surface area contributed by atoms with E-state index in [2.05, 4.69) is 20.5 Å². The predicted octanol–water partition coefficient (Wildman–Crippen LogP) is 2.52. The van der Waals surface area contributed by atoms with Crippen molar-refractivity contribution in [1.29, 1.82) is 5.26 Å². The Morgan fingerprint density at radius 3 is 3.16 bits per heavy atom. The van der Waals surface area contributed by atoms with E-state index in [1.54, 1.807) is 12.4 Å². The Morgan fingerprint density at radius 1 is 1.48 bits per heavy atom. The standard InChI is InChI=1S/C16H13FN6OS/c17-16(4-5-23(8-16)9-18)14(24)21-15-19-7-12(25-15)11-3-1-2-10-6-20-22-13(10)11/h1-3,6-7H,4-5,8H2,(H,20,22)(H,19,21,24). The minimum atomic E-state index is -2.06. The molecule has 9 heteroatoms. The van der Waals surface area contributed by atoms with Crippen molar-refractivity contribution >= 4 is 33.3 Å². The molecule has 1 aromatic carbocycles. The lowest BCUT2D eigenvalue weighted by molar-refractivity contribution is -0.126. The minimum absolute atomic E-state index is 0.00191. The molecule has 0 spiro atoms. The molecule has 1 aliphatic rings. The number of fused-ring (bicyclic) bond motifs is 1. The van der Waals surface area contributed by atoms with Crippen molar-refractivity contribution in [2.75, 3.05) is 18.4 Å². The third kappa shape index (κ3) is 2.70. The molecule has 1 saturated heterocycles. The summed E-state index contributed by atoms with van der Waals surface area (Å²) in [5, 5.41) is 19.6. The van der Waals surface area contributed by atoms with Gasteiger partial charge in [0.05, 0.1) is 23.1 Å². The topological polar surface area (TPSA) is 97.7 Å². The second-order valence-electron chi connectivity index (χ2n) is 5.86. The van der Waals surface area contributed by atoms with Gasteiger partial charge in [0.25, 0.3) is 5.91 Å². The van der Waals surface area contributed by atoms with Gasteiger partial charge >= 0.3 is 0 Å². The van der Waals surface area contributed by atoms with E-state index >= 15 is 0 Å². The summed E-state index contributed by atoms with van der Waals surface area (Å²) in [5.41, 5.74) is -0.267. The van der Waals surface area contributed by atoms with Gasteiger partial charge in [-0.15, -0.1) is 0 Å². The number of carbonyl (C=O) groups excluding carboxylic acids is 1. The van der Waals surface area contributed by atoms with Crippen LogP contribution in [0.15, 0.2) is 30.6 Å². The number of para-hydroxylation sites is 1. The highest BCUT2D eigenvalue weighted by molar-refractivity contribution is 7.19. The molecule has 25 heavy (non-hydrogen) atoms. The number of carbonyl (C=O) groups is 1. The number of rotatable bonds is 3. The molecule has 3 aromatic rings. The summed E-state index contributed by atoms with van der Waals surface area (Å²) in [6.45, 7) is 0.0202. The maximum Gasteiger partial charge on any atom is 0.265 e. The number of aromatic nitrogens is 3. The predicted molar refractivity (Wildman–Crippen MR) is 91.5 cm³/mol. The number of thiazole rings is 1. The summed E-state index contributed by atoms with van der Waals surface area (Å²) < 4.78 is 14.7. The lowest BCUT2D eigenvalue weighted by Crippen LogP contribution is -2.40. The number of anilines is 1. The smallest absolute Gasteiger partial charge is 0.265 e. The van der Waals surface area contributed by atoms with Crippen molar-refractivity contribution in [2.24, 2.45) is 0 Å². The lowest BCUT2D eigenvalue weighted by atomic mass is 10.1. The van der Waals surface area contributed by atoms with Crippen LogP contribution in [0.5, 0.6) is 0 Å². The number of hydrogen-bond acceptors (Lipinski definition) is 6. The van der Waals surface area contributed by atoms with Crippen LogP contribution in [-0.4, -0.2) is 44.7 Å². The Bertz CT molecular complexity index is 992. The van der Waals surface area contributed by atoms with Crippen LogP contribution in [0.3, 0.4) is 0 Å². The number of nitrogens with one attached hydrogen (secondary N) is 2. The maximum absolute atomic E-state index is 14.7. The van der Waals surface area contributed by atoms with Gasteiger partial charge in [-0.1, -0.05) is 29.5 Å².